The highest BCUT2D eigenvalue weighted by molar-refractivity contribution is 4.78. The second kappa shape index (κ2) is 9.09. The lowest BCUT2D eigenvalue weighted by Crippen LogP contribution is -2.38. The van der Waals surface area contributed by atoms with Gasteiger partial charge in [0.2, 0.25) is 0 Å². The SMILES string of the molecule is CN(C)CCN1CCC(CN(C)CCN2CCCCC2)C1. The van der Waals surface area contributed by atoms with E-state index in [-0.39, 0.29) is 0 Å². The fourth-order valence-electron chi connectivity index (χ4n) is 3.63. The lowest BCUT2D eigenvalue weighted by molar-refractivity contribution is 0.184. The van der Waals surface area contributed by atoms with E-state index < -0.39 is 0 Å². The van der Waals surface area contributed by atoms with E-state index in [1.165, 1.54) is 84.6 Å². The highest BCUT2D eigenvalue weighted by atomic mass is 15.2. The maximum Gasteiger partial charge on any atom is 0.0109 e. The molecule has 1 atom stereocenters. The Balaban J connectivity index is 1.56. The molecule has 2 saturated heterocycles. The molecule has 2 heterocycles. The Morgan fingerprint density at radius 2 is 1.57 bits per heavy atom. The van der Waals surface area contributed by atoms with Crippen molar-refractivity contribution >= 4 is 0 Å². The van der Waals surface area contributed by atoms with E-state index in [9.17, 15) is 0 Å². The van der Waals surface area contributed by atoms with Crippen LogP contribution >= 0.6 is 0 Å². The molecule has 21 heavy (non-hydrogen) atoms. The fraction of sp³-hybridized carbons (Fsp3) is 1.00. The van der Waals surface area contributed by atoms with E-state index in [0.717, 1.165) is 5.92 Å². The molecule has 0 bridgehead atoms. The Labute approximate surface area is 132 Å². The smallest absolute Gasteiger partial charge is 0.0109 e. The molecule has 2 rings (SSSR count). The van der Waals surface area contributed by atoms with E-state index in [1.54, 1.807) is 0 Å². The monoisotopic (exact) mass is 296 g/mol. The van der Waals surface area contributed by atoms with Crippen LogP contribution in [0.3, 0.4) is 0 Å². The van der Waals surface area contributed by atoms with Crippen molar-refractivity contribution in [2.24, 2.45) is 5.92 Å². The van der Waals surface area contributed by atoms with Crippen LogP contribution in [0.15, 0.2) is 0 Å². The van der Waals surface area contributed by atoms with Gasteiger partial charge in [-0.3, -0.25) is 0 Å². The minimum absolute atomic E-state index is 0.888. The summed E-state index contributed by atoms with van der Waals surface area (Å²) in [5, 5.41) is 0. The predicted octanol–water partition coefficient (Wildman–Crippen LogP) is 1.29. The van der Waals surface area contributed by atoms with Crippen LogP contribution in [0.4, 0.5) is 0 Å². The van der Waals surface area contributed by atoms with E-state index in [0.29, 0.717) is 0 Å². The summed E-state index contributed by atoms with van der Waals surface area (Å²) >= 11 is 0. The van der Waals surface area contributed by atoms with Gasteiger partial charge in [-0.1, -0.05) is 6.42 Å². The zero-order valence-electron chi connectivity index (χ0n) is 14.6. The minimum Gasteiger partial charge on any atom is -0.308 e. The molecule has 0 radical (unpaired) electrons. The predicted molar refractivity (Wildman–Crippen MR) is 90.9 cm³/mol. The Morgan fingerprint density at radius 3 is 2.29 bits per heavy atom. The second-order valence-corrected chi connectivity index (χ2v) is 7.42. The number of likely N-dealkylation sites (N-methyl/N-ethyl adjacent to an activating group) is 2. The summed E-state index contributed by atoms with van der Waals surface area (Å²) in [6.07, 6.45) is 5.65. The highest BCUT2D eigenvalue weighted by Gasteiger charge is 2.23. The van der Waals surface area contributed by atoms with Crippen molar-refractivity contribution in [2.75, 3.05) is 80.0 Å². The van der Waals surface area contributed by atoms with Crippen molar-refractivity contribution < 1.29 is 0 Å². The van der Waals surface area contributed by atoms with Gasteiger partial charge in [0.25, 0.3) is 0 Å². The summed E-state index contributed by atoms with van der Waals surface area (Å²) in [5.74, 6) is 0.888. The lowest BCUT2D eigenvalue weighted by atomic mass is 10.1. The maximum atomic E-state index is 2.65. The van der Waals surface area contributed by atoms with Crippen molar-refractivity contribution in [3.8, 4) is 0 Å². The van der Waals surface area contributed by atoms with Gasteiger partial charge in [-0.25, -0.2) is 0 Å². The summed E-state index contributed by atoms with van der Waals surface area (Å²) in [6.45, 7) is 11.5. The van der Waals surface area contributed by atoms with Gasteiger partial charge in [0.1, 0.15) is 0 Å². The molecule has 0 spiro atoms. The fourth-order valence-corrected chi connectivity index (χ4v) is 3.63. The topological polar surface area (TPSA) is 13.0 Å². The lowest BCUT2D eigenvalue weighted by Gasteiger charge is -2.29. The molecule has 4 heteroatoms. The molecule has 0 saturated carbocycles. The van der Waals surface area contributed by atoms with Crippen molar-refractivity contribution in [1.82, 2.24) is 19.6 Å². The Hall–Kier alpha value is -0.160. The number of nitrogens with zero attached hydrogens (tertiary/aromatic N) is 4. The molecule has 2 aliphatic heterocycles. The first-order valence-electron chi connectivity index (χ1n) is 8.91. The molecule has 0 aromatic carbocycles. The van der Waals surface area contributed by atoms with Crippen LogP contribution < -0.4 is 0 Å². The van der Waals surface area contributed by atoms with Gasteiger partial charge in [-0.05, 0) is 66.0 Å². The largest absolute Gasteiger partial charge is 0.308 e. The number of likely N-dealkylation sites (tertiary alicyclic amines) is 2. The van der Waals surface area contributed by atoms with Crippen LogP contribution in [-0.2, 0) is 0 Å². The molecular formula is C17H36N4. The second-order valence-electron chi connectivity index (χ2n) is 7.42. The van der Waals surface area contributed by atoms with Gasteiger partial charge in [0.05, 0.1) is 0 Å². The van der Waals surface area contributed by atoms with Crippen molar-refractivity contribution in [2.45, 2.75) is 25.7 Å². The van der Waals surface area contributed by atoms with Crippen molar-refractivity contribution in [3.05, 3.63) is 0 Å². The van der Waals surface area contributed by atoms with Gasteiger partial charge in [-0.2, -0.15) is 0 Å². The zero-order chi connectivity index (χ0) is 15.1. The average molecular weight is 297 g/mol. The Morgan fingerprint density at radius 1 is 0.857 bits per heavy atom. The van der Waals surface area contributed by atoms with Crippen molar-refractivity contribution in [3.63, 3.8) is 0 Å². The average Bonchev–Trinajstić information content (AvgIpc) is 2.91. The van der Waals surface area contributed by atoms with E-state index >= 15 is 0 Å². The molecule has 2 fully saturated rings. The summed E-state index contributed by atoms with van der Waals surface area (Å²) in [6, 6.07) is 0. The number of hydrogen-bond acceptors (Lipinski definition) is 4. The van der Waals surface area contributed by atoms with Crippen LogP contribution in [-0.4, -0.2) is 99.6 Å². The molecule has 0 N–H and O–H groups in total. The summed E-state index contributed by atoms with van der Waals surface area (Å²) < 4.78 is 0. The molecule has 0 aliphatic carbocycles. The molecule has 0 aromatic rings. The summed E-state index contributed by atoms with van der Waals surface area (Å²) in [5.41, 5.74) is 0. The van der Waals surface area contributed by atoms with Gasteiger partial charge in [-0.15, -0.1) is 0 Å². The standard InChI is InChI=1S/C17H36N4/c1-18(2)11-13-21-10-7-17(16-21)15-19(3)12-14-20-8-5-4-6-9-20/h17H,4-16H2,1-3H3. The van der Waals surface area contributed by atoms with Crippen LogP contribution in [0, 0.1) is 5.92 Å². The molecule has 2 aliphatic rings. The third kappa shape index (κ3) is 6.64. The van der Waals surface area contributed by atoms with Gasteiger partial charge in [0.15, 0.2) is 0 Å². The van der Waals surface area contributed by atoms with E-state index in [4.69, 9.17) is 0 Å². The van der Waals surface area contributed by atoms with Gasteiger partial charge >= 0.3 is 0 Å². The van der Waals surface area contributed by atoms with Crippen LogP contribution in [0.1, 0.15) is 25.7 Å². The van der Waals surface area contributed by atoms with E-state index in [1.807, 2.05) is 0 Å². The molecule has 124 valence electrons. The minimum atomic E-state index is 0.888. The third-order valence-electron chi connectivity index (χ3n) is 5.05. The van der Waals surface area contributed by atoms with Crippen LogP contribution in [0.5, 0.6) is 0 Å². The molecule has 0 aromatic heterocycles. The van der Waals surface area contributed by atoms with Gasteiger partial charge in [0, 0.05) is 39.3 Å². The van der Waals surface area contributed by atoms with E-state index in [2.05, 4.69) is 40.7 Å². The number of rotatable bonds is 8. The Kier molecular flexibility index (Phi) is 7.44. The summed E-state index contributed by atoms with van der Waals surface area (Å²) in [4.78, 5) is 10.1. The highest BCUT2D eigenvalue weighted by Crippen LogP contribution is 2.17. The third-order valence-corrected chi connectivity index (χ3v) is 5.05. The van der Waals surface area contributed by atoms with Crippen LogP contribution in [0.25, 0.3) is 0 Å². The molecular weight excluding hydrogens is 260 g/mol. The summed E-state index contributed by atoms with van der Waals surface area (Å²) in [7, 11) is 6.65. The number of piperidine rings is 1. The first kappa shape index (κ1) is 17.2. The molecule has 1 unspecified atom stereocenters. The number of hydrogen-bond donors (Lipinski definition) is 0. The van der Waals surface area contributed by atoms with Gasteiger partial charge < -0.3 is 19.6 Å². The first-order valence-corrected chi connectivity index (χ1v) is 8.91. The first-order chi connectivity index (χ1) is 10.1. The molecule has 4 nitrogen and oxygen atoms in total. The Bertz CT molecular complexity index is 276. The van der Waals surface area contributed by atoms with Crippen molar-refractivity contribution in [1.29, 1.82) is 0 Å². The zero-order valence-corrected chi connectivity index (χ0v) is 14.6. The normalized spacial score (nSPS) is 25.3. The molecule has 0 amide bonds. The quantitative estimate of drug-likeness (QED) is 0.669. The maximum absolute atomic E-state index is 2.65. The van der Waals surface area contributed by atoms with Crippen LogP contribution in [0.2, 0.25) is 0 Å².